The van der Waals surface area contributed by atoms with Gasteiger partial charge in [0.15, 0.2) is 0 Å². The highest BCUT2D eigenvalue weighted by Gasteiger charge is 2.29. The zero-order valence-electron chi connectivity index (χ0n) is 21.4. The Hall–Kier alpha value is -2.80. The lowest BCUT2D eigenvalue weighted by atomic mass is 10.0. The smallest absolute Gasteiger partial charge is 0.461 e. The monoisotopic (exact) mass is 526 g/mol. The lowest BCUT2D eigenvalue weighted by Gasteiger charge is -2.22. The van der Waals surface area contributed by atoms with Gasteiger partial charge < -0.3 is 9.47 Å². The van der Waals surface area contributed by atoms with E-state index in [9.17, 15) is 9.36 Å². The molecular weight excluding hydrogens is 491 g/mol. The number of ether oxygens (including phenoxy) is 2. The molecule has 3 rings (SSSR count). The van der Waals surface area contributed by atoms with Crippen LogP contribution in [0.2, 0.25) is 0 Å². The molecule has 0 unspecified atom stereocenters. The molecule has 0 N–H and O–H groups in total. The maximum Gasteiger partial charge on any atom is 0.475 e. The molecule has 0 heterocycles. The van der Waals surface area contributed by atoms with Gasteiger partial charge in [0.25, 0.3) is 0 Å². The van der Waals surface area contributed by atoms with Gasteiger partial charge in [-0.2, -0.15) is 0 Å². The van der Waals surface area contributed by atoms with E-state index in [0.717, 1.165) is 16.7 Å². The van der Waals surface area contributed by atoms with E-state index in [-0.39, 0.29) is 38.5 Å². The normalized spacial score (nSPS) is 13.1. The molecule has 0 spiro atoms. The molecule has 0 fully saturated rings. The van der Waals surface area contributed by atoms with Crippen LogP contribution in [0.15, 0.2) is 91.0 Å². The number of hydrogen-bond donors (Lipinski definition) is 0. The average Bonchev–Trinajstić information content (AvgIpc) is 2.95. The summed E-state index contributed by atoms with van der Waals surface area (Å²) in [6.45, 7) is 2.30. The van der Waals surface area contributed by atoms with Crippen molar-refractivity contribution in [2.75, 3.05) is 13.7 Å². The van der Waals surface area contributed by atoms with E-state index in [2.05, 4.69) is 0 Å². The fraction of sp³-hybridized carbons (Fsp3) is 0.345. The maximum atomic E-state index is 13.4. The second kappa shape index (κ2) is 15.5. The van der Waals surface area contributed by atoms with Crippen molar-refractivity contribution in [2.24, 2.45) is 5.92 Å². The minimum atomic E-state index is -3.84. The summed E-state index contributed by atoms with van der Waals surface area (Å²) < 4.78 is 41.3. The first-order valence-electron chi connectivity index (χ1n) is 12.3. The minimum Gasteiger partial charge on any atom is -0.461 e. The van der Waals surface area contributed by atoms with E-state index in [1.807, 2.05) is 91.0 Å². The van der Waals surface area contributed by atoms with Crippen molar-refractivity contribution in [1.29, 1.82) is 0 Å². The summed E-state index contributed by atoms with van der Waals surface area (Å²) >= 11 is 0. The van der Waals surface area contributed by atoms with Gasteiger partial charge in [-0.25, -0.2) is 4.57 Å². The SMILES string of the molecule is CO[C@@H](CCCOP(=O)(OCc1ccccc1)OCc1ccccc1)[C@@H](C)C(=O)OCc1ccccc1. The summed E-state index contributed by atoms with van der Waals surface area (Å²) in [5.74, 6) is -0.802. The number of phosphoric ester groups is 1. The lowest BCUT2D eigenvalue weighted by Crippen LogP contribution is -2.29. The number of carbonyl (C=O) groups is 1. The third-order valence-corrected chi connectivity index (χ3v) is 7.19. The van der Waals surface area contributed by atoms with E-state index in [4.69, 9.17) is 23.0 Å². The molecule has 0 aliphatic heterocycles. The van der Waals surface area contributed by atoms with Gasteiger partial charge >= 0.3 is 13.8 Å². The van der Waals surface area contributed by atoms with Crippen LogP contribution in [-0.2, 0) is 52.2 Å². The molecule has 8 heteroatoms. The molecule has 0 bridgehead atoms. The molecule has 0 saturated heterocycles. The molecule has 0 aliphatic carbocycles. The minimum absolute atomic E-state index is 0.0951. The van der Waals surface area contributed by atoms with Gasteiger partial charge in [0.2, 0.25) is 0 Å². The Balaban J connectivity index is 1.49. The van der Waals surface area contributed by atoms with Crippen LogP contribution < -0.4 is 0 Å². The van der Waals surface area contributed by atoms with Crippen LogP contribution >= 0.6 is 7.82 Å². The van der Waals surface area contributed by atoms with Crippen LogP contribution in [-0.4, -0.2) is 25.8 Å². The number of rotatable bonds is 16. The largest absolute Gasteiger partial charge is 0.475 e. The van der Waals surface area contributed by atoms with E-state index >= 15 is 0 Å². The van der Waals surface area contributed by atoms with Crippen LogP contribution in [0.5, 0.6) is 0 Å². The predicted octanol–water partition coefficient (Wildman–Crippen LogP) is 6.72. The number of methoxy groups -OCH3 is 1. The van der Waals surface area contributed by atoms with Crippen molar-refractivity contribution in [3.8, 4) is 0 Å². The molecule has 0 aliphatic rings. The highest BCUT2D eigenvalue weighted by Crippen LogP contribution is 2.51. The first-order chi connectivity index (χ1) is 18.0. The van der Waals surface area contributed by atoms with Crippen molar-refractivity contribution in [1.82, 2.24) is 0 Å². The molecule has 3 aromatic rings. The van der Waals surface area contributed by atoms with Gasteiger partial charge in [-0.05, 0) is 36.5 Å². The van der Waals surface area contributed by atoms with E-state index in [1.165, 1.54) is 0 Å². The third-order valence-electron chi connectivity index (χ3n) is 5.80. The number of hydrogen-bond acceptors (Lipinski definition) is 7. The van der Waals surface area contributed by atoms with Crippen LogP contribution in [0.25, 0.3) is 0 Å². The fourth-order valence-electron chi connectivity index (χ4n) is 3.61. The van der Waals surface area contributed by atoms with Crippen LogP contribution in [0.3, 0.4) is 0 Å². The highest BCUT2D eigenvalue weighted by atomic mass is 31.2. The van der Waals surface area contributed by atoms with Crippen LogP contribution in [0.1, 0.15) is 36.5 Å². The number of esters is 1. The average molecular weight is 527 g/mol. The molecule has 7 nitrogen and oxygen atoms in total. The number of benzene rings is 3. The topological polar surface area (TPSA) is 80.3 Å². The van der Waals surface area contributed by atoms with E-state index in [0.29, 0.717) is 12.8 Å². The first-order valence-corrected chi connectivity index (χ1v) is 13.8. The van der Waals surface area contributed by atoms with Crippen molar-refractivity contribution < 1.29 is 32.4 Å². The zero-order chi connectivity index (χ0) is 26.3. The zero-order valence-corrected chi connectivity index (χ0v) is 22.3. The Morgan fingerprint density at radius 2 is 1.19 bits per heavy atom. The lowest BCUT2D eigenvalue weighted by molar-refractivity contribution is -0.154. The van der Waals surface area contributed by atoms with Crippen molar-refractivity contribution in [3.63, 3.8) is 0 Å². The molecule has 0 radical (unpaired) electrons. The summed E-state index contributed by atoms with van der Waals surface area (Å²) in [6, 6.07) is 28.4. The highest BCUT2D eigenvalue weighted by molar-refractivity contribution is 7.48. The Kier molecular flexibility index (Phi) is 12.0. The van der Waals surface area contributed by atoms with Gasteiger partial charge in [-0.15, -0.1) is 0 Å². The fourth-order valence-corrected chi connectivity index (χ4v) is 4.80. The van der Waals surface area contributed by atoms with E-state index in [1.54, 1.807) is 14.0 Å². The summed E-state index contributed by atoms with van der Waals surface area (Å²) in [6.07, 6.45) is 0.624. The molecule has 37 heavy (non-hydrogen) atoms. The van der Waals surface area contributed by atoms with Gasteiger partial charge in [0.05, 0.1) is 31.8 Å². The molecule has 0 saturated carbocycles. The summed E-state index contributed by atoms with van der Waals surface area (Å²) in [5, 5.41) is 0. The van der Waals surface area contributed by atoms with Gasteiger partial charge in [-0.1, -0.05) is 91.0 Å². The van der Waals surface area contributed by atoms with Crippen molar-refractivity contribution >= 4 is 13.8 Å². The second-order valence-corrected chi connectivity index (χ2v) is 10.3. The Morgan fingerprint density at radius 1 is 0.730 bits per heavy atom. The number of phosphoric acid groups is 1. The Bertz CT molecular complexity index is 1050. The summed E-state index contributed by atoms with van der Waals surface area (Å²) in [4.78, 5) is 12.5. The summed E-state index contributed by atoms with van der Waals surface area (Å²) in [5.41, 5.74) is 2.64. The first kappa shape index (κ1) is 28.8. The molecule has 0 amide bonds. The molecule has 0 aromatic heterocycles. The summed E-state index contributed by atoms with van der Waals surface area (Å²) in [7, 11) is -2.28. The maximum absolute atomic E-state index is 13.4. The van der Waals surface area contributed by atoms with Gasteiger partial charge in [0.1, 0.15) is 6.61 Å². The molecule has 3 aromatic carbocycles. The van der Waals surface area contributed by atoms with Crippen LogP contribution in [0.4, 0.5) is 0 Å². The molecule has 2 atom stereocenters. The molecule has 198 valence electrons. The quantitative estimate of drug-likeness (QED) is 0.116. The predicted molar refractivity (Wildman–Crippen MR) is 141 cm³/mol. The standard InChI is InChI=1S/C29H35O7P/c1-24(29(30)33-21-25-13-6-3-7-14-25)28(32-2)19-12-20-34-37(31,35-22-26-15-8-4-9-16-26)36-23-27-17-10-5-11-18-27/h3-11,13-18,24,28H,12,19-23H2,1-2H3/t24-,28+/m1/s1. The van der Waals surface area contributed by atoms with Crippen molar-refractivity contribution in [3.05, 3.63) is 108 Å². The molecular formula is C29H35O7P. The second-order valence-electron chi connectivity index (χ2n) is 8.60. The van der Waals surface area contributed by atoms with Gasteiger partial charge in [-0.3, -0.25) is 18.4 Å². The Morgan fingerprint density at radius 3 is 1.65 bits per heavy atom. The number of carbonyl (C=O) groups excluding carboxylic acids is 1. The van der Waals surface area contributed by atoms with E-state index < -0.39 is 13.7 Å². The Labute approximate surface area is 219 Å². The van der Waals surface area contributed by atoms with Crippen molar-refractivity contribution in [2.45, 2.75) is 45.7 Å². The van der Waals surface area contributed by atoms with Gasteiger partial charge in [0, 0.05) is 7.11 Å². The third kappa shape index (κ3) is 10.2. The van der Waals surface area contributed by atoms with Crippen LogP contribution in [0, 0.1) is 5.92 Å².